The Labute approximate surface area is 136 Å². The fraction of sp³-hybridized carbons (Fsp3) is 0.529. The molecule has 1 unspecified atom stereocenters. The first-order valence-corrected chi connectivity index (χ1v) is 8.21. The molecular formula is C17H24N4O2. The van der Waals surface area contributed by atoms with Crippen molar-refractivity contribution in [2.45, 2.75) is 25.4 Å². The third kappa shape index (κ3) is 3.64. The minimum Gasteiger partial charge on any atom is -0.340 e. The van der Waals surface area contributed by atoms with Crippen LogP contribution in [0.4, 0.5) is 4.79 Å². The maximum Gasteiger partial charge on any atom is 0.318 e. The summed E-state index contributed by atoms with van der Waals surface area (Å²) in [6.07, 6.45) is 1.84. The quantitative estimate of drug-likeness (QED) is 0.857. The zero-order chi connectivity index (χ0) is 16.2. The fourth-order valence-electron chi connectivity index (χ4n) is 3.23. The van der Waals surface area contributed by atoms with Gasteiger partial charge in [-0.25, -0.2) is 4.79 Å². The molecule has 3 amide bonds. The lowest BCUT2D eigenvalue weighted by Crippen LogP contribution is -2.48. The van der Waals surface area contributed by atoms with Gasteiger partial charge in [-0.2, -0.15) is 0 Å². The zero-order valence-corrected chi connectivity index (χ0v) is 13.5. The van der Waals surface area contributed by atoms with Gasteiger partial charge >= 0.3 is 6.03 Å². The molecule has 1 aromatic rings. The predicted molar refractivity (Wildman–Crippen MR) is 88.0 cm³/mol. The highest BCUT2D eigenvalue weighted by atomic mass is 16.2. The van der Waals surface area contributed by atoms with Crippen molar-refractivity contribution in [1.82, 2.24) is 20.4 Å². The molecule has 3 rings (SSSR count). The molecule has 0 bridgehead atoms. The van der Waals surface area contributed by atoms with Crippen LogP contribution in [-0.2, 0) is 17.8 Å². The summed E-state index contributed by atoms with van der Waals surface area (Å²) >= 11 is 0. The summed E-state index contributed by atoms with van der Waals surface area (Å²) in [5, 5.41) is 6.01. The molecular weight excluding hydrogens is 292 g/mol. The standard InChI is InChI=1S/C17H24N4O2/c1-20(15-6-8-18-10-15)16(22)11-19-17(23)21-9-7-13-4-2-3-5-14(13)12-21/h2-5,15,18H,6-12H2,1H3,(H,19,23). The Bertz CT molecular complexity index is 584. The maximum absolute atomic E-state index is 12.3. The molecule has 23 heavy (non-hydrogen) atoms. The summed E-state index contributed by atoms with van der Waals surface area (Å²) in [6, 6.07) is 8.27. The molecule has 1 fully saturated rings. The van der Waals surface area contributed by atoms with Crippen molar-refractivity contribution in [3.63, 3.8) is 0 Å². The number of hydrogen-bond donors (Lipinski definition) is 2. The lowest BCUT2D eigenvalue weighted by Gasteiger charge is -2.29. The number of amides is 3. The normalized spacial score (nSPS) is 20.0. The maximum atomic E-state index is 12.3. The van der Waals surface area contributed by atoms with Crippen molar-refractivity contribution in [3.05, 3.63) is 35.4 Å². The fourth-order valence-corrected chi connectivity index (χ4v) is 3.23. The number of fused-ring (bicyclic) bond motifs is 1. The molecule has 1 saturated heterocycles. The van der Waals surface area contributed by atoms with E-state index in [2.05, 4.69) is 22.8 Å². The zero-order valence-electron chi connectivity index (χ0n) is 13.5. The summed E-state index contributed by atoms with van der Waals surface area (Å²) in [5.74, 6) is -0.0375. The molecule has 2 heterocycles. The third-order valence-electron chi connectivity index (χ3n) is 4.78. The molecule has 0 spiro atoms. The first-order valence-electron chi connectivity index (χ1n) is 8.21. The van der Waals surface area contributed by atoms with Gasteiger partial charge in [0, 0.05) is 32.7 Å². The summed E-state index contributed by atoms with van der Waals surface area (Å²) < 4.78 is 0. The van der Waals surface area contributed by atoms with Crippen molar-refractivity contribution < 1.29 is 9.59 Å². The second-order valence-electron chi connectivity index (χ2n) is 6.25. The van der Waals surface area contributed by atoms with Crippen LogP contribution in [0.1, 0.15) is 17.5 Å². The molecule has 2 N–H and O–H groups in total. The Morgan fingerprint density at radius 2 is 2.13 bits per heavy atom. The number of nitrogens with one attached hydrogen (secondary N) is 2. The summed E-state index contributed by atoms with van der Waals surface area (Å²) in [6.45, 7) is 3.14. The van der Waals surface area contributed by atoms with Crippen molar-refractivity contribution in [2.75, 3.05) is 33.2 Å². The highest BCUT2D eigenvalue weighted by Crippen LogP contribution is 2.18. The van der Waals surface area contributed by atoms with Gasteiger partial charge in [0.15, 0.2) is 0 Å². The molecule has 6 nitrogen and oxygen atoms in total. The van der Waals surface area contributed by atoms with Crippen LogP contribution < -0.4 is 10.6 Å². The average Bonchev–Trinajstić information content (AvgIpc) is 3.12. The van der Waals surface area contributed by atoms with Gasteiger partial charge in [0.25, 0.3) is 0 Å². The van der Waals surface area contributed by atoms with Crippen LogP contribution in [-0.4, -0.2) is 61.0 Å². The lowest BCUT2D eigenvalue weighted by atomic mass is 10.0. The molecule has 0 radical (unpaired) electrons. The van der Waals surface area contributed by atoms with Crippen LogP contribution >= 0.6 is 0 Å². The molecule has 1 aromatic carbocycles. The monoisotopic (exact) mass is 316 g/mol. The number of likely N-dealkylation sites (N-methyl/N-ethyl adjacent to an activating group) is 1. The molecule has 0 aliphatic carbocycles. The van der Waals surface area contributed by atoms with Crippen LogP contribution in [0.2, 0.25) is 0 Å². The van der Waals surface area contributed by atoms with Crippen molar-refractivity contribution >= 4 is 11.9 Å². The van der Waals surface area contributed by atoms with Crippen LogP contribution in [0.5, 0.6) is 0 Å². The summed E-state index contributed by atoms with van der Waals surface area (Å²) in [4.78, 5) is 28.0. The van der Waals surface area contributed by atoms with E-state index >= 15 is 0 Å². The van der Waals surface area contributed by atoms with Gasteiger partial charge < -0.3 is 20.4 Å². The number of carbonyl (C=O) groups excluding carboxylic acids is 2. The Morgan fingerprint density at radius 1 is 1.35 bits per heavy atom. The van der Waals surface area contributed by atoms with Crippen molar-refractivity contribution in [1.29, 1.82) is 0 Å². The minimum atomic E-state index is -0.161. The van der Waals surface area contributed by atoms with E-state index in [0.29, 0.717) is 13.1 Å². The first-order chi connectivity index (χ1) is 11.1. The van der Waals surface area contributed by atoms with Crippen LogP contribution in [0.15, 0.2) is 24.3 Å². The first kappa shape index (κ1) is 15.8. The van der Waals surface area contributed by atoms with E-state index in [0.717, 1.165) is 25.9 Å². The Hall–Kier alpha value is -2.08. The number of urea groups is 1. The average molecular weight is 316 g/mol. The number of rotatable bonds is 3. The smallest absolute Gasteiger partial charge is 0.318 e. The summed E-state index contributed by atoms with van der Waals surface area (Å²) in [7, 11) is 1.81. The Morgan fingerprint density at radius 3 is 2.87 bits per heavy atom. The number of nitrogens with zero attached hydrogens (tertiary/aromatic N) is 2. The number of benzene rings is 1. The van der Waals surface area contributed by atoms with E-state index in [9.17, 15) is 9.59 Å². The van der Waals surface area contributed by atoms with Gasteiger partial charge in [-0.05, 0) is 30.5 Å². The van der Waals surface area contributed by atoms with Gasteiger partial charge in [0.1, 0.15) is 0 Å². The van der Waals surface area contributed by atoms with Crippen LogP contribution in [0.3, 0.4) is 0 Å². The molecule has 2 aliphatic rings. The van der Waals surface area contributed by atoms with Crippen LogP contribution in [0.25, 0.3) is 0 Å². The largest absolute Gasteiger partial charge is 0.340 e. The molecule has 6 heteroatoms. The van der Waals surface area contributed by atoms with Gasteiger partial charge in [0.05, 0.1) is 6.54 Å². The molecule has 0 aromatic heterocycles. The Kier molecular flexibility index (Phi) is 4.81. The van der Waals surface area contributed by atoms with E-state index in [1.165, 1.54) is 11.1 Å². The minimum absolute atomic E-state index is 0.0375. The molecule has 2 aliphatic heterocycles. The highest BCUT2D eigenvalue weighted by Gasteiger charge is 2.24. The van der Waals surface area contributed by atoms with Crippen molar-refractivity contribution in [2.24, 2.45) is 0 Å². The van der Waals surface area contributed by atoms with Gasteiger partial charge in [-0.1, -0.05) is 24.3 Å². The molecule has 1 atom stereocenters. The van der Waals surface area contributed by atoms with Gasteiger partial charge in [-0.3, -0.25) is 4.79 Å². The van der Waals surface area contributed by atoms with Gasteiger partial charge in [-0.15, -0.1) is 0 Å². The predicted octanol–water partition coefficient (Wildman–Crippen LogP) is 0.575. The van der Waals surface area contributed by atoms with Crippen molar-refractivity contribution in [3.8, 4) is 0 Å². The van der Waals surface area contributed by atoms with Gasteiger partial charge in [0.2, 0.25) is 5.91 Å². The Balaban J connectivity index is 1.49. The van der Waals surface area contributed by atoms with Crippen LogP contribution in [0, 0.1) is 0 Å². The second-order valence-corrected chi connectivity index (χ2v) is 6.25. The van der Waals surface area contributed by atoms with E-state index in [1.807, 2.05) is 19.2 Å². The van der Waals surface area contributed by atoms with E-state index < -0.39 is 0 Å². The lowest BCUT2D eigenvalue weighted by molar-refractivity contribution is -0.130. The SMILES string of the molecule is CN(C(=O)CNC(=O)N1CCc2ccccc2C1)C1CCNC1. The highest BCUT2D eigenvalue weighted by molar-refractivity contribution is 5.84. The number of carbonyl (C=O) groups is 2. The van der Waals surface area contributed by atoms with E-state index in [-0.39, 0.29) is 24.5 Å². The topological polar surface area (TPSA) is 64.7 Å². The molecule has 124 valence electrons. The van der Waals surface area contributed by atoms with E-state index in [4.69, 9.17) is 0 Å². The van der Waals surface area contributed by atoms with E-state index in [1.54, 1.807) is 9.80 Å². The molecule has 0 saturated carbocycles. The second kappa shape index (κ2) is 7.00. The number of hydrogen-bond acceptors (Lipinski definition) is 3. The summed E-state index contributed by atoms with van der Waals surface area (Å²) in [5.41, 5.74) is 2.50. The third-order valence-corrected chi connectivity index (χ3v) is 4.78.